The molecule has 2 N–H and O–H groups in total. The molecule has 3 aromatic rings. The summed E-state index contributed by atoms with van der Waals surface area (Å²) in [6.45, 7) is 2.01. The van der Waals surface area contributed by atoms with E-state index < -0.39 is 12.0 Å². The van der Waals surface area contributed by atoms with Gasteiger partial charge in [-0.15, -0.1) is 0 Å². The minimum Gasteiger partial charge on any atom is -0.496 e. The second kappa shape index (κ2) is 8.93. The molecule has 2 heterocycles. The molecule has 4 rings (SSSR count). The molecule has 32 heavy (non-hydrogen) atoms. The summed E-state index contributed by atoms with van der Waals surface area (Å²) in [7, 11) is 1.57. The number of carbonyl (C=O) groups is 3. The summed E-state index contributed by atoms with van der Waals surface area (Å²) in [6, 6.07) is 12.9. The van der Waals surface area contributed by atoms with Gasteiger partial charge in [0.05, 0.1) is 31.9 Å². The molecular formula is C23H22N4O5. The molecule has 1 aliphatic rings. The standard InChI is InChI=1S/C23H22N4O5/c1-3-32-23(30)14-8-10-15(11-9-14)25-22(29)18-12-20(28)26-21-17(13-24-27(18)21)16-6-4-5-7-19(16)31-2/h4-11,13,18H,3,12H2,1-2H3,(H,25,29)(H,26,28). The fourth-order valence-corrected chi connectivity index (χ4v) is 3.57. The highest BCUT2D eigenvalue weighted by Gasteiger charge is 2.33. The molecule has 2 aromatic carbocycles. The Kier molecular flexibility index (Phi) is 5.89. The van der Waals surface area contributed by atoms with Crippen molar-refractivity contribution in [2.75, 3.05) is 24.4 Å². The second-order valence-electron chi connectivity index (χ2n) is 7.11. The number of rotatable bonds is 6. The van der Waals surface area contributed by atoms with Crippen molar-refractivity contribution in [1.29, 1.82) is 0 Å². The lowest BCUT2D eigenvalue weighted by molar-refractivity contribution is -0.125. The van der Waals surface area contributed by atoms with E-state index in [0.29, 0.717) is 28.4 Å². The Morgan fingerprint density at radius 3 is 2.62 bits per heavy atom. The maximum Gasteiger partial charge on any atom is 0.338 e. The third-order valence-corrected chi connectivity index (χ3v) is 5.09. The highest BCUT2D eigenvalue weighted by molar-refractivity contribution is 6.03. The maximum atomic E-state index is 13.0. The minimum absolute atomic E-state index is 0.0488. The number of fused-ring (bicyclic) bond motifs is 1. The predicted molar refractivity (Wildman–Crippen MR) is 118 cm³/mol. The molecule has 1 atom stereocenters. The normalized spacial score (nSPS) is 14.8. The van der Waals surface area contributed by atoms with Crippen LogP contribution in [0.1, 0.15) is 29.7 Å². The number of hydrogen-bond acceptors (Lipinski definition) is 6. The molecule has 164 valence electrons. The molecule has 0 aliphatic carbocycles. The Hall–Kier alpha value is -4.14. The summed E-state index contributed by atoms with van der Waals surface area (Å²) < 4.78 is 11.9. The zero-order valence-electron chi connectivity index (χ0n) is 17.6. The first-order valence-corrected chi connectivity index (χ1v) is 10.1. The van der Waals surface area contributed by atoms with Crippen LogP contribution in [0.15, 0.2) is 54.7 Å². The fraction of sp³-hybridized carbons (Fsp3) is 0.217. The van der Waals surface area contributed by atoms with Crippen molar-refractivity contribution in [2.45, 2.75) is 19.4 Å². The molecule has 0 saturated heterocycles. The zero-order chi connectivity index (χ0) is 22.7. The number of anilines is 2. The van der Waals surface area contributed by atoms with Gasteiger partial charge in [0.1, 0.15) is 17.6 Å². The smallest absolute Gasteiger partial charge is 0.338 e. The number of methoxy groups -OCH3 is 1. The van der Waals surface area contributed by atoms with Crippen molar-refractivity contribution >= 4 is 29.3 Å². The number of carbonyl (C=O) groups excluding carboxylic acids is 3. The number of nitrogens with zero attached hydrogens (tertiary/aromatic N) is 2. The van der Waals surface area contributed by atoms with Gasteiger partial charge in [0.25, 0.3) is 0 Å². The van der Waals surface area contributed by atoms with Crippen LogP contribution < -0.4 is 15.4 Å². The molecule has 0 fully saturated rings. The highest BCUT2D eigenvalue weighted by Crippen LogP contribution is 2.38. The summed E-state index contributed by atoms with van der Waals surface area (Å²) in [5, 5.41) is 9.97. The lowest BCUT2D eigenvalue weighted by atomic mass is 10.1. The molecule has 9 nitrogen and oxygen atoms in total. The predicted octanol–water partition coefficient (Wildman–Crippen LogP) is 3.26. The van der Waals surface area contributed by atoms with E-state index in [1.165, 1.54) is 4.68 Å². The van der Waals surface area contributed by atoms with Crippen LogP contribution in [0, 0.1) is 0 Å². The van der Waals surface area contributed by atoms with Gasteiger partial charge in [0.2, 0.25) is 11.8 Å². The van der Waals surface area contributed by atoms with E-state index in [1.807, 2.05) is 24.3 Å². The summed E-state index contributed by atoms with van der Waals surface area (Å²) in [5.74, 6) is -0.0413. The van der Waals surface area contributed by atoms with Gasteiger partial charge in [-0.25, -0.2) is 9.48 Å². The van der Waals surface area contributed by atoms with Crippen LogP contribution in [0.4, 0.5) is 11.5 Å². The third-order valence-electron chi connectivity index (χ3n) is 5.09. The zero-order valence-corrected chi connectivity index (χ0v) is 17.6. The van der Waals surface area contributed by atoms with E-state index in [9.17, 15) is 14.4 Å². The van der Waals surface area contributed by atoms with Gasteiger partial charge >= 0.3 is 5.97 Å². The van der Waals surface area contributed by atoms with Gasteiger partial charge in [0, 0.05) is 16.8 Å². The highest BCUT2D eigenvalue weighted by atomic mass is 16.5. The fourth-order valence-electron chi connectivity index (χ4n) is 3.57. The van der Waals surface area contributed by atoms with Crippen LogP contribution in [-0.2, 0) is 14.3 Å². The van der Waals surface area contributed by atoms with Crippen LogP contribution in [0.25, 0.3) is 11.1 Å². The van der Waals surface area contributed by atoms with Crippen LogP contribution in [0.3, 0.4) is 0 Å². The lowest BCUT2D eigenvalue weighted by Crippen LogP contribution is -2.35. The number of benzene rings is 2. The number of aromatic nitrogens is 2. The molecule has 1 aliphatic heterocycles. The number of amides is 2. The van der Waals surface area contributed by atoms with E-state index in [1.54, 1.807) is 44.5 Å². The van der Waals surface area contributed by atoms with Crippen molar-refractivity contribution in [3.63, 3.8) is 0 Å². The lowest BCUT2D eigenvalue weighted by Gasteiger charge is -2.24. The number of para-hydroxylation sites is 1. The van der Waals surface area contributed by atoms with E-state index in [2.05, 4.69) is 15.7 Å². The van der Waals surface area contributed by atoms with Crippen LogP contribution in [-0.4, -0.2) is 41.3 Å². The first-order chi connectivity index (χ1) is 15.5. The van der Waals surface area contributed by atoms with Gasteiger partial charge in [0.15, 0.2) is 0 Å². The molecule has 9 heteroatoms. The number of nitrogens with one attached hydrogen (secondary N) is 2. The Morgan fingerprint density at radius 1 is 1.16 bits per heavy atom. The van der Waals surface area contributed by atoms with Gasteiger partial charge in [-0.3, -0.25) is 9.59 Å². The van der Waals surface area contributed by atoms with E-state index in [-0.39, 0.29) is 24.8 Å². The van der Waals surface area contributed by atoms with Crippen molar-refractivity contribution in [2.24, 2.45) is 0 Å². The Balaban J connectivity index is 1.58. The Morgan fingerprint density at radius 2 is 1.91 bits per heavy atom. The molecule has 1 aromatic heterocycles. The van der Waals surface area contributed by atoms with Gasteiger partial charge in [-0.2, -0.15) is 5.10 Å². The summed E-state index contributed by atoms with van der Waals surface area (Å²) in [4.78, 5) is 37.2. The van der Waals surface area contributed by atoms with Crippen molar-refractivity contribution in [3.05, 3.63) is 60.3 Å². The van der Waals surface area contributed by atoms with Crippen molar-refractivity contribution < 1.29 is 23.9 Å². The average molecular weight is 434 g/mol. The Bertz CT molecular complexity index is 1170. The van der Waals surface area contributed by atoms with Gasteiger partial charge in [-0.05, 0) is 37.3 Å². The Labute approximate surface area is 184 Å². The van der Waals surface area contributed by atoms with Gasteiger partial charge < -0.3 is 20.1 Å². The monoisotopic (exact) mass is 434 g/mol. The number of hydrogen-bond donors (Lipinski definition) is 2. The topological polar surface area (TPSA) is 112 Å². The molecule has 0 saturated carbocycles. The quantitative estimate of drug-likeness (QED) is 0.576. The molecule has 1 unspecified atom stereocenters. The molecule has 0 bridgehead atoms. The van der Waals surface area contributed by atoms with Crippen molar-refractivity contribution in [3.8, 4) is 16.9 Å². The first kappa shape index (κ1) is 21.1. The van der Waals surface area contributed by atoms with Crippen LogP contribution >= 0.6 is 0 Å². The van der Waals surface area contributed by atoms with Crippen molar-refractivity contribution in [1.82, 2.24) is 9.78 Å². The van der Waals surface area contributed by atoms with Crippen LogP contribution in [0.5, 0.6) is 5.75 Å². The van der Waals surface area contributed by atoms with Gasteiger partial charge in [-0.1, -0.05) is 18.2 Å². The maximum absolute atomic E-state index is 13.0. The van der Waals surface area contributed by atoms with E-state index in [4.69, 9.17) is 9.47 Å². The molecule has 0 radical (unpaired) electrons. The largest absolute Gasteiger partial charge is 0.496 e. The first-order valence-electron chi connectivity index (χ1n) is 10.1. The number of esters is 1. The second-order valence-corrected chi connectivity index (χ2v) is 7.11. The van der Waals surface area contributed by atoms with E-state index >= 15 is 0 Å². The molecule has 0 spiro atoms. The third kappa shape index (κ3) is 4.04. The SMILES string of the molecule is CCOC(=O)c1ccc(NC(=O)C2CC(=O)Nc3c(-c4ccccc4OC)cnn32)cc1. The average Bonchev–Trinajstić information content (AvgIpc) is 3.22. The number of ether oxygens (including phenoxy) is 2. The summed E-state index contributed by atoms with van der Waals surface area (Å²) >= 11 is 0. The minimum atomic E-state index is -0.827. The van der Waals surface area contributed by atoms with E-state index in [0.717, 1.165) is 5.56 Å². The van der Waals surface area contributed by atoms with Crippen LogP contribution in [0.2, 0.25) is 0 Å². The summed E-state index contributed by atoms with van der Waals surface area (Å²) in [6.07, 6.45) is 1.56. The summed E-state index contributed by atoms with van der Waals surface area (Å²) in [5.41, 5.74) is 2.30. The molecule has 2 amide bonds. The molecular weight excluding hydrogens is 412 g/mol.